The number of hydrogen-bond acceptors (Lipinski definition) is 3. The number of fused-ring (bicyclic) bond motifs is 2. The van der Waals surface area contributed by atoms with E-state index in [4.69, 9.17) is 0 Å². The molecular formula is C15H20N4O. The monoisotopic (exact) mass is 272 g/mol. The van der Waals surface area contributed by atoms with Gasteiger partial charge >= 0.3 is 5.69 Å². The smallest absolute Gasteiger partial charge is 0.323 e. The Kier molecular flexibility index (Phi) is 2.80. The van der Waals surface area contributed by atoms with Gasteiger partial charge in [-0.15, -0.1) is 0 Å². The van der Waals surface area contributed by atoms with Gasteiger partial charge in [-0.3, -0.25) is 0 Å². The van der Waals surface area contributed by atoms with E-state index in [2.05, 4.69) is 20.2 Å². The van der Waals surface area contributed by atoms with Crippen molar-refractivity contribution in [1.29, 1.82) is 0 Å². The zero-order valence-corrected chi connectivity index (χ0v) is 11.5. The van der Waals surface area contributed by atoms with Crippen molar-refractivity contribution in [1.82, 2.24) is 14.9 Å². The Morgan fingerprint density at radius 3 is 3.00 bits per heavy atom. The molecule has 0 saturated carbocycles. The Hall–Kier alpha value is -1.75. The SMILES string of the molecule is O=c1[nH]c2ccc(NC3CCN4CCCC4C3)cc2[nH]1. The minimum atomic E-state index is -0.142. The third-order valence-electron chi connectivity index (χ3n) is 4.71. The molecule has 2 fully saturated rings. The number of rotatable bonds is 2. The van der Waals surface area contributed by atoms with Gasteiger partial charge in [0.15, 0.2) is 0 Å². The highest BCUT2D eigenvalue weighted by Gasteiger charge is 2.31. The first kappa shape index (κ1) is 12.0. The lowest BCUT2D eigenvalue weighted by Crippen LogP contribution is -2.42. The summed E-state index contributed by atoms with van der Waals surface area (Å²) in [5.74, 6) is 0. The van der Waals surface area contributed by atoms with E-state index in [1.54, 1.807) is 0 Å². The van der Waals surface area contributed by atoms with Gasteiger partial charge in [0.2, 0.25) is 0 Å². The van der Waals surface area contributed by atoms with Crippen LogP contribution in [0.25, 0.3) is 11.0 Å². The van der Waals surface area contributed by atoms with E-state index in [0.717, 1.165) is 22.8 Å². The van der Waals surface area contributed by atoms with Crippen LogP contribution in [0.5, 0.6) is 0 Å². The Labute approximate surface area is 117 Å². The first-order chi connectivity index (χ1) is 9.78. The van der Waals surface area contributed by atoms with Crippen molar-refractivity contribution >= 4 is 16.7 Å². The molecule has 0 aliphatic carbocycles. The van der Waals surface area contributed by atoms with Crippen molar-refractivity contribution in [3.63, 3.8) is 0 Å². The second-order valence-electron chi connectivity index (χ2n) is 6.04. The molecule has 2 atom stereocenters. The highest BCUT2D eigenvalue weighted by atomic mass is 16.1. The van der Waals surface area contributed by atoms with E-state index < -0.39 is 0 Å². The van der Waals surface area contributed by atoms with Crippen LogP contribution < -0.4 is 11.0 Å². The van der Waals surface area contributed by atoms with Gasteiger partial charge in [-0.25, -0.2) is 4.79 Å². The molecule has 1 aromatic carbocycles. The molecule has 2 aliphatic rings. The Balaban J connectivity index is 1.50. The van der Waals surface area contributed by atoms with Gasteiger partial charge in [0.1, 0.15) is 0 Å². The number of H-pyrrole nitrogens is 2. The van der Waals surface area contributed by atoms with Crippen LogP contribution in [-0.2, 0) is 0 Å². The Morgan fingerprint density at radius 1 is 1.15 bits per heavy atom. The summed E-state index contributed by atoms with van der Waals surface area (Å²) in [4.78, 5) is 19.5. The van der Waals surface area contributed by atoms with Crippen molar-refractivity contribution in [3.8, 4) is 0 Å². The molecule has 4 rings (SSSR count). The molecule has 2 aromatic rings. The van der Waals surface area contributed by atoms with Gasteiger partial charge in [-0.05, 0) is 50.4 Å². The van der Waals surface area contributed by atoms with E-state index >= 15 is 0 Å². The number of hydrogen-bond donors (Lipinski definition) is 3. The summed E-state index contributed by atoms with van der Waals surface area (Å²) >= 11 is 0. The van der Waals surface area contributed by atoms with Gasteiger partial charge in [0.25, 0.3) is 0 Å². The third kappa shape index (κ3) is 2.12. The Bertz CT molecular complexity index is 674. The molecule has 2 aliphatic heterocycles. The molecule has 3 heterocycles. The van der Waals surface area contributed by atoms with E-state index in [0.29, 0.717) is 6.04 Å². The largest absolute Gasteiger partial charge is 0.382 e. The van der Waals surface area contributed by atoms with Crippen molar-refractivity contribution in [3.05, 3.63) is 28.7 Å². The molecule has 5 nitrogen and oxygen atoms in total. The fraction of sp³-hybridized carbons (Fsp3) is 0.533. The highest BCUT2D eigenvalue weighted by molar-refractivity contribution is 5.78. The zero-order chi connectivity index (χ0) is 13.5. The van der Waals surface area contributed by atoms with Gasteiger partial charge in [-0.2, -0.15) is 0 Å². The first-order valence-electron chi connectivity index (χ1n) is 7.50. The topological polar surface area (TPSA) is 63.9 Å². The van der Waals surface area contributed by atoms with Crippen molar-refractivity contribution < 1.29 is 0 Å². The number of imidazole rings is 1. The number of piperidine rings is 1. The maximum Gasteiger partial charge on any atom is 0.323 e. The average molecular weight is 272 g/mol. The summed E-state index contributed by atoms with van der Waals surface area (Å²) in [6, 6.07) is 7.36. The summed E-state index contributed by atoms with van der Waals surface area (Å²) in [6.07, 6.45) is 5.15. The van der Waals surface area contributed by atoms with Crippen molar-refractivity contribution in [2.75, 3.05) is 18.4 Å². The number of aromatic nitrogens is 2. The minimum Gasteiger partial charge on any atom is -0.382 e. The maximum absolute atomic E-state index is 11.3. The lowest BCUT2D eigenvalue weighted by atomic mass is 9.97. The standard InChI is InChI=1S/C15H20N4O/c20-15-17-13-4-3-10(9-14(13)18-15)16-11-5-7-19-6-1-2-12(19)8-11/h3-4,9,11-12,16H,1-2,5-8H2,(H2,17,18,20). The van der Waals surface area contributed by atoms with Gasteiger partial charge in [-0.1, -0.05) is 0 Å². The first-order valence-corrected chi connectivity index (χ1v) is 7.50. The summed E-state index contributed by atoms with van der Waals surface area (Å²) in [5, 5.41) is 3.63. The van der Waals surface area contributed by atoms with Crippen molar-refractivity contribution in [2.45, 2.75) is 37.8 Å². The molecule has 1 aromatic heterocycles. The molecule has 0 spiro atoms. The van der Waals surface area contributed by atoms with E-state index in [9.17, 15) is 4.79 Å². The van der Waals surface area contributed by atoms with Gasteiger partial charge < -0.3 is 20.2 Å². The predicted molar refractivity (Wildman–Crippen MR) is 80.2 cm³/mol. The Morgan fingerprint density at radius 2 is 2.05 bits per heavy atom. The lowest BCUT2D eigenvalue weighted by Gasteiger charge is -2.35. The van der Waals surface area contributed by atoms with Crippen LogP contribution in [0.15, 0.2) is 23.0 Å². The third-order valence-corrected chi connectivity index (χ3v) is 4.71. The molecule has 0 amide bonds. The second kappa shape index (κ2) is 4.66. The van der Waals surface area contributed by atoms with Crippen LogP contribution in [0.2, 0.25) is 0 Å². The number of aromatic amines is 2. The van der Waals surface area contributed by atoms with Crippen molar-refractivity contribution in [2.24, 2.45) is 0 Å². The number of nitrogens with zero attached hydrogens (tertiary/aromatic N) is 1. The summed E-state index contributed by atoms with van der Waals surface area (Å²) < 4.78 is 0. The van der Waals surface area contributed by atoms with Gasteiger partial charge in [0, 0.05) is 24.3 Å². The van der Waals surface area contributed by atoms with Crippen LogP contribution in [0, 0.1) is 0 Å². The fourth-order valence-corrected chi connectivity index (χ4v) is 3.71. The molecule has 5 heteroatoms. The molecule has 3 N–H and O–H groups in total. The number of nitrogens with one attached hydrogen (secondary N) is 3. The highest BCUT2D eigenvalue weighted by Crippen LogP contribution is 2.28. The lowest BCUT2D eigenvalue weighted by molar-refractivity contribution is 0.188. The normalized spacial score (nSPS) is 26.8. The van der Waals surface area contributed by atoms with E-state index in [1.807, 2.05) is 18.2 Å². The van der Waals surface area contributed by atoms with Crippen LogP contribution in [0.3, 0.4) is 0 Å². The molecule has 2 unspecified atom stereocenters. The molecular weight excluding hydrogens is 252 g/mol. The van der Waals surface area contributed by atoms with E-state index in [-0.39, 0.29) is 5.69 Å². The quantitative estimate of drug-likeness (QED) is 0.782. The molecule has 106 valence electrons. The molecule has 2 saturated heterocycles. The summed E-state index contributed by atoms with van der Waals surface area (Å²) in [7, 11) is 0. The molecule has 20 heavy (non-hydrogen) atoms. The summed E-state index contributed by atoms with van der Waals surface area (Å²) in [6.45, 7) is 2.50. The number of anilines is 1. The molecule has 0 bridgehead atoms. The zero-order valence-electron chi connectivity index (χ0n) is 11.5. The fourth-order valence-electron chi connectivity index (χ4n) is 3.71. The van der Waals surface area contributed by atoms with Gasteiger partial charge in [0.05, 0.1) is 11.0 Å². The number of benzene rings is 1. The summed E-state index contributed by atoms with van der Waals surface area (Å²) in [5.41, 5.74) is 2.70. The average Bonchev–Trinajstić information content (AvgIpc) is 3.02. The van der Waals surface area contributed by atoms with Crippen LogP contribution in [0.1, 0.15) is 25.7 Å². The maximum atomic E-state index is 11.3. The van der Waals surface area contributed by atoms with Crippen LogP contribution in [-0.4, -0.2) is 40.0 Å². The molecule has 0 radical (unpaired) electrons. The second-order valence-corrected chi connectivity index (χ2v) is 6.04. The minimum absolute atomic E-state index is 0.142. The van der Waals surface area contributed by atoms with Crippen LogP contribution >= 0.6 is 0 Å². The predicted octanol–water partition coefficient (Wildman–Crippen LogP) is 1.89. The van der Waals surface area contributed by atoms with Crippen LogP contribution in [0.4, 0.5) is 5.69 Å². The van der Waals surface area contributed by atoms with E-state index in [1.165, 1.54) is 38.8 Å².